The molecule has 17 atom stereocenters. The first-order valence-electron chi connectivity index (χ1n) is 28.4. The maximum Gasteiger partial charge on any atom is 0.325 e. The summed E-state index contributed by atoms with van der Waals surface area (Å²) in [6.45, 7) is 18.3. The van der Waals surface area contributed by atoms with E-state index in [-0.39, 0.29) is 79.3 Å². The highest BCUT2D eigenvalue weighted by Gasteiger charge is 2.57. The second-order valence-corrected chi connectivity index (χ2v) is 23.2. The van der Waals surface area contributed by atoms with Crippen molar-refractivity contribution < 1.29 is 63.8 Å². The number of nitrogens with zero attached hydrogens (tertiary/aromatic N) is 1. The number of phenolic OH excluding ortho intramolecular Hbond substituents is 1. The molecule has 5 rings (SSSR count). The van der Waals surface area contributed by atoms with Crippen LogP contribution in [0.1, 0.15) is 139 Å². The summed E-state index contributed by atoms with van der Waals surface area (Å²) in [6, 6.07) is 2.90. The fourth-order valence-electron chi connectivity index (χ4n) is 11.3. The van der Waals surface area contributed by atoms with Crippen LogP contribution in [0.3, 0.4) is 0 Å². The number of carbonyl (C=O) groups is 6. The number of cyclic esters (lactones) is 1. The van der Waals surface area contributed by atoms with Crippen molar-refractivity contribution in [1.29, 1.82) is 0 Å². The van der Waals surface area contributed by atoms with Crippen LogP contribution in [-0.4, -0.2) is 133 Å². The summed E-state index contributed by atoms with van der Waals surface area (Å²) in [5.41, 5.74) is 3.27. The lowest BCUT2D eigenvalue weighted by atomic mass is 9.69. The highest BCUT2D eigenvalue weighted by atomic mass is 16.5. The zero-order valence-electron chi connectivity index (χ0n) is 47.6. The van der Waals surface area contributed by atoms with Crippen LogP contribution >= 0.6 is 0 Å². The monoisotopic (exact) mass is 1090 g/mol. The molecule has 4 aliphatic heterocycles. The number of carbonyl (C=O) groups excluding carboxylic acids is 6. The van der Waals surface area contributed by atoms with Crippen LogP contribution in [0.15, 0.2) is 72.4 Å². The number of fused-ring (bicyclic) bond motifs is 2. The maximum atomic E-state index is 14.5. The summed E-state index contributed by atoms with van der Waals surface area (Å²) in [4.78, 5) is 82.2. The van der Waals surface area contributed by atoms with E-state index in [1.807, 2.05) is 52.8 Å². The van der Waals surface area contributed by atoms with Crippen LogP contribution in [0.2, 0.25) is 0 Å². The van der Waals surface area contributed by atoms with Gasteiger partial charge in [0.15, 0.2) is 0 Å². The molecule has 0 radical (unpaired) electrons. The van der Waals surface area contributed by atoms with Crippen LogP contribution in [0.4, 0.5) is 0 Å². The number of hydrogen-bond donors (Lipinski definition) is 9. The molecule has 0 aliphatic carbocycles. The zero-order chi connectivity index (χ0) is 57.6. The smallest absolute Gasteiger partial charge is 0.325 e. The summed E-state index contributed by atoms with van der Waals surface area (Å²) in [5, 5.41) is 66.1. The lowest BCUT2D eigenvalue weighted by molar-refractivity contribution is -0.267. The molecule has 1 aromatic carbocycles. The van der Waals surface area contributed by atoms with E-state index in [1.54, 1.807) is 51.1 Å². The van der Waals surface area contributed by atoms with Gasteiger partial charge in [-0.2, -0.15) is 0 Å². The van der Waals surface area contributed by atoms with Gasteiger partial charge >= 0.3 is 5.97 Å². The molecule has 18 nitrogen and oxygen atoms in total. The van der Waals surface area contributed by atoms with E-state index in [0.717, 1.165) is 6.42 Å². The summed E-state index contributed by atoms with van der Waals surface area (Å²) in [7, 11) is 0. The van der Waals surface area contributed by atoms with Gasteiger partial charge in [-0.15, -0.1) is 0 Å². The molecule has 3 fully saturated rings. The van der Waals surface area contributed by atoms with Crippen molar-refractivity contribution in [1.82, 2.24) is 26.4 Å². The van der Waals surface area contributed by atoms with Crippen molar-refractivity contribution in [3.05, 3.63) is 77.9 Å². The number of rotatable bonds is 15. The first kappa shape index (κ1) is 63.6. The molecule has 78 heavy (non-hydrogen) atoms. The van der Waals surface area contributed by atoms with Crippen molar-refractivity contribution in [2.45, 2.75) is 200 Å². The van der Waals surface area contributed by atoms with Crippen molar-refractivity contribution >= 4 is 35.4 Å². The Morgan fingerprint density at radius 2 is 1.68 bits per heavy atom. The van der Waals surface area contributed by atoms with Gasteiger partial charge in [0, 0.05) is 61.8 Å². The number of esters is 1. The number of nitrogens with one attached hydrogen (secondary N) is 4. The number of piperidine rings is 1. The van der Waals surface area contributed by atoms with Crippen LogP contribution in [-0.2, 0) is 44.7 Å². The number of phenols is 1. The van der Waals surface area contributed by atoms with E-state index in [1.165, 1.54) is 30.1 Å². The largest absolute Gasteiger partial charge is 0.508 e. The number of aliphatic hydroxyl groups is 4. The number of hydrazine groups is 1. The number of Topliss-reactive ketones (excluding diaryl/α,β-unsaturated/α-hetero) is 1. The van der Waals surface area contributed by atoms with Crippen LogP contribution in [0, 0.1) is 47.3 Å². The maximum absolute atomic E-state index is 14.5. The zero-order valence-corrected chi connectivity index (χ0v) is 47.6. The SMILES string of the molecule is CCC1CC(C)C2(NC1=O)OC(CC(O)C(C)CC/C=C/C=C(/C)C1C/C=C/C=C/C(O)C(C)C(O)C(CCC(C)=O)C(=O)NC(C(C)C)C(=O)NC(Cc3cccc(O)c3)C(=O)N3CCCC(N3)C(=O)O1)C(C)C(O)C2C. The number of ether oxygens (including phenoxy) is 2. The molecular weight excluding hydrogens is 999 g/mol. The van der Waals surface area contributed by atoms with E-state index in [4.69, 9.17) is 9.47 Å². The third-order valence-corrected chi connectivity index (χ3v) is 16.9. The molecule has 9 N–H and O–H groups in total. The Labute approximate surface area is 461 Å². The van der Waals surface area contributed by atoms with Gasteiger partial charge in [0.2, 0.25) is 17.7 Å². The summed E-state index contributed by atoms with van der Waals surface area (Å²) in [5.74, 6) is -6.33. The first-order chi connectivity index (χ1) is 36.9. The van der Waals surface area contributed by atoms with E-state index < -0.39 is 102 Å². The molecule has 4 amide bonds. The van der Waals surface area contributed by atoms with Gasteiger partial charge < -0.3 is 55.8 Å². The standard InChI is InChI=1S/C60H91N5O13/c1-11-43-30-37(6)60(63-55(43)72)41(10)53(70)40(9)51(78-60)33-49(69)35(4)20-14-12-15-21-36(5)50-26-17-13-16-25-48(68)39(8)54(71)45(28-27-38(7)66)56(73)62-52(34(2)3)57(74)61-47(32-42-22-18-23-44(67)31-42)58(75)65-29-19-24-46(64-65)59(76)77-50/h12-13,15-18,21-23,25,31,34-35,37,39-41,43,45-54,64,67-71H,11,14,19-20,24,26-30,32-33H2,1-10H3,(H,61,74)(H,62,73)(H,63,72)/b15-12+,17-13+,25-16+,36-21-. The Hall–Kier alpha value is -5.24. The number of hydrogen-bond acceptors (Lipinski definition) is 14. The van der Waals surface area contributed by atoms with Crippen molar-refractivity contribution in [2.75, 3.05) is 6.54 Å². The quantitative estimate of drug-likeness (QED) is 0.0786. The van der Waals surface area contributed by atoms with E-state index >= 15 is 0 Å². The van der Waals surface area contributed by atoms with E-state index in [9.17, 15) is 54.3 Å². The predicted octanol–water partition coefficient (Wildman–Crippen LogP) is 5.41. The molecule has 1 spiro atoms. The number of benzene rings is 1. The Kier molecular flexibility index (Phi) is 23.9. The van der Waals surface area contributed by atoms with Crippen LogP contribution in [0.5, 0.6) is 5.75 Å². The molecule has 17 unspecified atom stereocenters. The normalized spacial score (nSPS) is 34.9. The number of aliphatic hydroxyl groups excluding tert-OH is 4. The summed E-state index contributed by atoms with van der Waals surface area (Å²) in [6.07, 6.45) is 10.6. The summed E-state index contributed by atoms with van der Waals surface area (Å²) >= 11 is 0. The molecule has 4 aliphatic rings. The minimum atomic E-state index is -1.43. The third kappa shape index (κ3) is 16.7. The fourth-order valence-corrected chi connectivity index (χ4v) is 11.3. The number of aromatic hydroxyl groups is 1. The van der Waals surface area contributed by atoms with Gasteiger partial charge in [0.25, 0.3) is 5.91 Å². The Bertz CT molecular complexity index is 2340. The fraction of sp³-hybridized carbons (Fsp3) is 0.667. The Balaban J connectivity index is 1.35. The first-order valence-corrected chi connectivity index (χ1v) is 28.4. The molecule has 3 saturated heterocycles. The highest BCUT2D eigenvalue weighted by Crippen LogP contribution is 2.46. The van der Waals surface area contributed by atoms with Gasteiger partial charge in [-0.05, 0) is 93.9 Å². The molecular formula is C60H91N5O13. The van der Waals surface area contributed by atoms with Gasteiger partial charge in [-0.1, -0.05) is 110 Å². The topological polar surface area (TPSA) is 273 Å². The number of amides is 4. The molecule has 0 aromatic heterocycles. The minimum absolute atomic E-state index is 0.0254. The van der Waals surface area contributed by atoms with Crippen molar-refractivity contribution in [3.63, 3.8) is 0 Å². The molecule has 2 bridgehead atoms. The summed E-state index contributed by atoms with van der Waals surface area (Å²) < 4.78 is 12.9. The second kappa shape index (κ2) is 29.3. The molecule has 0 saturated carbocycles. The number of ketones is 1. The highest BCUT2D eigenvalue weighted by molar-refractivity contribution is 5.93. The Morgan fingerprint density at radius 3 is 2.36 bits per heavy atom. The number of allylic oxidation sites excluding steroid dienone is 5. The molecule has 1 aromatic rings. The van der Waals surface area contributed by atoms with E-state index in [2.05, 4.69) is 28.3 Å². The predicted molar refractivity (Wildman–Crippen MR) is 295 cm³/mol. The molecule has 18 heteroatoms. The van der Waals surface area contributed by atoms with Crippen LogP contribution < -0.4 is 21.4 Å². The molecule has 4 heterocycles. The van der Waals surface area contributed by atoms with Crippen LogP contribution in [0.25, 0.3) is 0 Å². The van der Waals surface area contributed by atoms with Gasteiger partial charge in [0.1, 0.15) is 41.5 Å². The van der Waals surface area contributed by atoms with Crippen molar-refractivity contribution in [3.8, 4) is 5.75 Å². The average Bonchev–Trinajstić information content (AvgIpc) is 3.51. The van der Waals surface area contributed by atoms with Gasteiger partial charge in [0.05, 0.1) is 36.4 Å². The third-order valence-electron chi connectivity index (χ3n) is 16.9. The lowest BCUT2D eigenvalue weighted by Crippen LogP contribution is -2.71. The average molecular weight is 1090 g/mol. The van der Waals surface area contributed by atoms with Gasteiger partial charge in [-0.3, -0.25) is 29.0 Å². The van der Waals surface area contributed by atoms with E-state index in [0.29, 0.717) is 49.7 Å². The molecule has 434 valence electrons. The van der Waals surface area contributed by atoms with Gasteiger partial charge in [-0.25, -0.2) is 5.43 Å². The minimum Gasteiger partial charge on any atom is -0.508 e. The Morgan fingerprint density at radius 1 is 0.949 bits per heavy atom. The van der Waals surface area contributed by atoms with Crippen molar-refractivity contribution in [2.24, 2.45) is 47.3 Å². The second-order valence-electron chi connectivity index (χ2n) is 23.2. The lowest BCUT2D eigenvalue weighted by Gasteiger charge is -2.56.